The maximum absolute atomic E-state index is 11.9. The molecular formula is C16H28F6N4O3. The summed E-state index contributed by atoms with van der Waals surface area (Å²) in [5.41, 5.74) is 0. The number of carbonyl (C=O) groups is 2. The van der Waals surface area contributed by atoms with E-state index in [0.29, 0.717) is 12.6 Å². The molecule has 0 aliphatic carbocycles. The molecule has 0 bridgehead atoms. The van der Waals surface area contributed by atoms with E-state index in [9.17, 15) is 35.9 Å². The molecule has 0 saturated carbocycles. The third-order valence-electron chi connectivity index (χ3n) is 3.65. The average molecular weight is 438 g/mol. The molecule has 2 fully saturated rings. The van der Waals surface area contributed by atoms with E-state index in [4.69, 9.17) is 0 Å². The second-order valence-corrected chi connectivity index (χ2v) is 6.38. The van der Waals surface area contributed by atoms with Gasteiger partial charge in [-0.1, -0.05) is 0 Å². The van der Waals surface area contributed by atoms with Crippen LogP contribution in [-0.2, 0) is 14.3 Å². The van der Waals surface area contributed by atoms with Crippen LogP contribution in [0.25, 0.3) is 0 Å². The molecule has 2 aliphatic heterocycles. The highest BCUT2D eigenvalue weighted by Gasteiger charge is 2.43. The summed E-state index contributed by atoms with van der Waals surface area (Å²) in [6.07, 6.45) is -9.59. The lowest BCUT2D eigenvalue weighted by Gasteiger charge is -2.32. The van der Waals surface area contributed by atoms with E-state index in [0.717, 1.165) is 24.5 Å². The molecule has 2 atom stereocenters. The first kappa shape index (κ1) is 27.4. The molecule has 1 amide bonds. The third kappa shape index (κ3) is 12.5. The minimum Gasteiger partial charge on any atom is -0.459 e. The van der Waals surface area contributed by atoms with Crippen molar-refractivity contribution in [2.24, 2.45) is 0 Å². The predicted molar refractivity (Wildman–Crippen MR) is 93.1 cm³/mol. The van der Waals surface area contributed by atoms with Crippen molar-refractivity contribution < 1.29 is 40.7 Å². The fraction of sp³-hybridized carbons (Fsp3) is 0.875. The number of hydrogen-bond donors (Lipinski definition) is 3. The van der Waals surface area contributed by atoms with Gasteiger partial charge in [-0.25, -0.2) is 4.79 Å². The largest absolute Gasteiger partial charge is 0.490 e. The Morgan fingerprint density at radius 3 is 1.86 bits per heavy atom. The zero-order valence-electron chi connectivity index (χ0n) is 16.5. The molecule has 13 heteroatoms. The highest BCUT2D eigenvalue weighted by Crippen LogP contribution is 2.19. The molecule has 0 radical (unpaired) electrons. The molecule has 0 spiro atoms. The summed E-state index contributed by atoms with van der Waals surface area (Å²) in [6.45, 7) is 9.04. The number of alkyl halides is 6. The quantitative estimate of drug-likeness (QED) is 0.420. The standard InChI is InChI=1S/C7H11F3N2O.C5H12N2.C4H5F3O2/c1-5-4-12(3-2-11-5)6(13)7(8,9)10;1-5-4-6-2-3-7-5;1-2-9-3(8)4(5,6)7/h5,11H,2-4H2,1H3;5-7H,2-4H2,1H3;2H2,1H3/t2*5-;/m00./s1. The van der Waals surface area contributed by atoms with E-state index < -0.39 is 24.2 Å². The summed E-state index contributed by atoms with van der Waals surface area (Å²) in [7, 11) is 0. The van der Waals surface area contributed by atoms with E-state index in [2.05, 4.69) is 27.6 Å². The molecule has 2 rings (SSSR count). The SMILES string of the molecule is CCOC(=O)C(F)(F)F.C[C@H]1CN(C(=O)C(F)(F)F)CCN1.C[C@H]1CNCCN1. The van der Waals surface area contributed by atoms with E-state index in [-0.39, 0.29) is 25.7 Å². The van der Waals surface area contributed by atoms with Crippen molar-refractivity contribution in [1.82, 2.24) is 20.9 Å². The zero-order chi connectivity index (χ0) is 22.7. The van der Waals surface area contributed by atoms with Gasteiger partial charge in [0, 0.05) is 51.4 Å². The van der Waals surface area contributed by atoms with Crippen LogP contribution < -0.4 is 16.0 Å². The molecule has 7 nitrogen and oxygen atoms in total. The minimum absolute atomic E-state index is 0.0694. The van der Waals surface area contributed by atoms with Crippen molar-refractivity contribution in [2.75, 3.05) is 45.9 Å². The normalized spacial score (nSPS) is 22.4. The topological polar surface area (TPSA) is 82.7 Å². The van der Waals surface area contributed by atoms with Gasteiger partial charge >= 0.3 is 24.2 Å². The monoisotopic (exact) mass is 438 g/mol. The van der Waals surface area contributed by atoms with Crippen molar-refractivity contribution in [3.63, 3.8) is 0 Å². The Kier molecular flexibility index (Phi) is 12.1. The Labute approximate surface area is 165 Å². The average Bonchev–Trinajstić information content (AvgIpc) is 2.61. The van der Waals surface area contributed by atoms with Gasteiger partial charge in [-0.05, 0) is 20.8 Å². The van der Waals surface area contributed by atoms with Gasteiger partial charge in [0.1, 0.15) is 0 Å². The number of piperazine rings is 2. The molecule has 2 heterocycles. The molecule has 172 valence electrons. The summed E-state index contributed by atoms with van der Waals surface area (Å²) in [4.78, 5) is 21.3. The Hall–Kier alpha value is -1.60. The zero-order valence-corrected chi connectivity index (χ0v) is 16.5. The van der Waals surface area contributed by atoms with Crippen LogP contribution in [0.15, 0.2) is 0 Å². The van der Waals surface area contributed by atoms with Gasteiger partial charge in [-0.15, -0.1) is 0 Å². The van der Waals surface area contributed by atoms with Crippen LogP contribution in [0.3, 0.4) is 0 Å². The number of ether oxygens (including phenoxy) is 1. The number of halogens is 6. The predicted octanol–water partition coefficient (Wildman–Crippen LogP) is 1.05. The second-order valence-electron chi connectivity index (χ2n) is 6.38. The van der Waals surface area contributed by atoms with Crippen molar-refractivity contribution >= 4 is 11.9 Å². The van der Waals surface area contributed by atoms with Crippen molar-refractivity contribution in [3.8, 4) is 0 Å². The maximum atomic E-state index is 11.9. The number of esters is 1. The molecule has 0 aromatic carbocycles. The van der Waals surface area contributed by atoms with Crippen molar-refractivity contribution in [1.29, 1.82) is 0 Å². The first-order valence-corrected chi connectivity index (χ1v) is 9.06. The van der Waals surface area contributed by atoms with Crippen molar-refractivity contribution in [2.45, 2.75) is 45.2 Å². The summed E-state index contributed by atoms with van der Waals surface area (Å²) in [5.74, 6) is -3.87. The smallest absolute Gasteiger partial charge is 0.459 e. The fourth-order valence-electron chi connectivity index (χ4n) is 2.31. The van der Waals surface area contributed by atoms with Crippen LogP contribution in [0.4, 0.5) is 26.3 Å². The number of hydrogen-bond acceptors (Lipinski definition) is 6. The summed E-state index contributed by atoms with van der Waals surface area (Å²) in [6, 6.07) is 0.605. The molecular weight excluding hydrogens is 410 g/mol. The van der Waals surface area contributed by atoms with E-state index in [1.807, 2.05) is 0 Å². The van der Waals surface area contributed by atoms with Gasteiger partial charge in [0.15, 0.2) is 0 Å². The van der Waals surface area contributed by atoms with Crippen molar-refractivity contribution in [3.05, 3.63) is 0 Å². The van der Waals surface area contributed by atoms with Crippen LogP contribution in [0.5, 0.6) is 0 Å². The van der Waals surface area contributed by atoms with Gasteiger partial charge in [0.25, 0.3) is 0 Å². The summed E-state index contributed by atoms with van der Waals surface area (Å²) >= 11 is 0. The molecule has 29 heavy (non-hydrogen) atoms. The number of carbonyl (C=O) groups excluding carboxylic acids is 2. The van der Waals surface area contributed by atoms with E-state index in [1.165, 1.54) is 6.92 Å². The third-order valence-corrected chi connectivity index (χ3v) is 3.65. The van der Waals surface area contributed by atoms with Crippen LogP contribution >= 0.6 is 0 Å². The number of nitrogens with one attached hydrogen (secondary N) is 3. The highest BCUT2D eigenvalue weighted by atomic mass is 19.4. The molecule has 0 unspecified atom stereocenters. The molecule has 2 aliphatic rings. The summed E-state index contributed by atoms with van der Waals surface area (Å²) < 4.78 is 73.0. The lowest BCUT2D eigenvalue weighted by molar-refractivity contribution is -0.199. The Balaban J connectivity index is 0.000000429. The highest BCUT2D eigenvalue weighted by molar-refractivity contribution is 5.82. The number of rotatable bonds is 1. The number of amides is 1. The first-order chi connectivity index (χ1) is 13.3. The van der Waals surface area contributed by atoms with Crippen LogP contribution in [-0.4, -0.2) is 87.1 Å². The first-order valence-electron chi connectivity index (χ1n) is 9.06. The maximum Gasteiger partial charge on any atom is 0.490 e. The van der Waals surface area contributed by atoms with Gasteiger partial charge in [-0.3, -0.25) is 4.79 Å². The molecule has 3 N–H and O–H groups in total. The van der Waals surface area contributed by atoms with Gasteiger partial charge < -0.3 is 25.6 Å². The van der Waals surface area contributed by atoms with Gasteiger partial charge in [0.2, 0.25) is 0 Å². The molecule has 0 aromatic heterocycles. The second kappa shape index (κ2) is 12.9. The van der Waals surface area contributed by atoms with Gasteiger partial charge in [-0.2, -0.15) is 26.3 Å². The fourth-order valence-corrected chi connectivity index (χ4v) is 2.31. The minimum atomic E-state index is -4.85. The Bertz CT molecular complexity index is 496. The lowest BCUT2D eigenvalue weighted by atomic mass is 10.2. The van der Waals surface area contributed by atoms with E-state index >= 15 is 0 Å². The van der Waals surface area contributed by atoms with Crippen LogP contribution in [0, 0.1) is 0 Å². The summed E-state index contributed by atoms with van der Waals surface area (Å²) in [5, 5.41) is 9.55. The molecule has 2 saturated heterocycles. The Morgan fingerprint density at radius 2 is 1.55 bits per heavy atom. The molecule has 0 aromatic rings. The Morgan fingerprint density at radius 1 is 0.966 bits per heavy atom. The van der Waals surface area contributed by atoms with Crippen LogP contribution in [0.2, 0.25) is 0 Å². The van der Waals surface area contributed by atoms with Crippen LogP contribution in [0.1, 0.15) is 20.8 Å². The number of nitrogens with zero attached hydrogens (tertiary/aromatic N) is 1. The lowest BCUT2D eigenvalue weighted by Crippen LogP contribution is -2.54. The van der Waals surface area contributed by atoms with E-state index in [1.54, 1.807) is 6.92 Å². The van der Waals surface area contributed by atoms with Gasteiger partial charge in [0.05, 0.1) is 6.61 Å².